The molecule has 0 bridgehead atoms. The Bertz CT molecular complexity index is 2140. The first-order valence-corrected chi connectivity index (χ1v) is 15.8. The Balaban J connectivity index is 0.00000351. The molecule has 1 aliphatic heterocycles. The van der Waals surface area contributed by atoms with E-state index >= 15 is 0 Å². The van der Waals surface area contributed by atoms with Crippen LogP contribution in [0.3, 0.4) is 0 Å². The van der Waals surface area contributed by atoms with Gasteiger partial charge in [-0.05, 0) is 78.3 Å². The summed E-state index contributed by atoms with van der Waals surface area (Å²) < 4.78 is 2.24. The molecule has 0 amide bonds. The number of aryl methyl sites for hydroxylation is 2. The van der Waals surface area contributed by atoms with Gasteiger partial charge in [-0.2, -0.15) is 30.9 Å². The maximum atomic E-state index is 5.24. The summed E-state index contributed by atoms with van der Waals surface area (Å²) in [6.07, 6.45) is 8.19. The summed E-state index contributed by atoms with van der Waals surface area (Å²) in [4.78, 5) is 14.3. The molecule has 0 fully saturated rings. The van der Waals surface area contributed by atoms with Gasteiger partial charge in [0.1, 0.15) is 0 Å². The average Bonchev–Trinajstić information content (AvgIpc) is 3.72. The molecule has 1 aliphatic carbocycles. The molecule has 6 aromatic rings. The zero-order valence-corrected chi connectivity index (χ0v) is 29.7. The normalized spacial score (nSPS) is 14.8. The van der Waals surface area contributed by atoms with Gasteiger partial charge in [-0.3, -0.25) is 4.98 Å². The van der Waals surface area contributed by atoms with Crippen molar-refractivity contribution < 1.29 is 21.1 Å². The fraction of sp³-hybridized carbons (Fsp3) is 0.195. The van der Waals surface area contributed by atoms with Crippen LogP contribution in [0.4, 0.5) is 5.69 Å². The summed E-state index contributed by atoms with van der Waals surface area (Å²) in [6, 6.07) is 36.2. The van der Waals surface area contributed by atoms with E-state index in [2.05, 4.69) is 154 Å². The molecule has 0 spiro atoms. The van der Waals surface area contributed by atoms with E-state index in [1.807, 2.05) is 24.3 Å². The Morgan fingerprint density at radius 1 is 0.830 bits per heavy atom. The van der Waals surface area contributed by atoms with Crippen LogP contribution in [0.15, 0.2) is 104 Å². The molecule has 0 unspecified atom stereocenters. The van der Waals surface area contributed by atoms with Crippen molar-refractivity contribution in [3.05, 3.63) is 162 Å². The summed E-state index contributed by atoms with van der Waals surface area (Å²) in [7, 11) is 2.04. The third kappa shape index (κ3) is 4.78. The molecule has 0 atom stereocenters. The molecule has 238 valence electrons. The van der Waals surface area contributed by atoms with Crippen molar-refractivity contribution in [2.45, 2.75) is 45.4 Å². The Kier molecular flexibility index (Phi) is 7.52. The van der Waals surface area contributed by atoms with Crippen molar-refractivity contribution in [3.8, 4) is 22.4 Å². The number of fused-ring (bicyclic) bond motifs is 4. The van der Waals surface area contributed by atoms with E-state index in [0.29, 0.717) is 0 Å². The predicted octanol–water partition coefficient (Wildman–Crippen LogP) is 8.61. The van der Waals surface area contributed by atoms with Crippen molar-refractivity contribution in [1.29, 1.82) is 0 Å². The second-order valence-electron chi connectivity index (χ2n) is 13.5. The number of nitrogens with zero attached hydrogens (tertiary/aromatic N) is 5. The van der Waals surface area contributed by atoms with Crippen LogP contribution < -0.4 is 4.90 Å². The van der Waals surface area contributed by atoms with Gasteiger partial charge < -0.3 is 19.2 Å². The van der Waals surface area contributed by atoms with E-state index in [-0.39, 0.29) is 26.5 Å². The number of benzene rings is 3. The van der Waals surface area contributed by atoms with Gasteiger partial charge in [0.15, 0.2) is 0 Å². The van der Waals surface area contributed by atoms with Crippen molar-refractivity contribution in [2.24, 2.45) is 0 Å². The molecule has 0 radical (unpaired) electrons. The number of pyridine rings is 2. The first kappa shape index (κ1) is 31.1. The zero-order chi connectivity index (χ0) is 31.8. The van der Waals surface area contributed by atoms with E-state index in [1.54, 1.807) is 0 Å². The average molecular weight is 794 g/mol. The van der Waals surface area contributed by atoms with Crippen LogP contribution in [0.5, 0.6) is 0 Å². The van der Waals surface area contributed by atoms with Crippen LogP contribution in [-0.2, 0) is 31.9 Å². The summed E-state index contributed by atoms with van der Waals surface area (Å²) in [5.74, 6) is 0. The largest absolute Gasteiger partial charge is 0.510 e. The smallest absolute Gasteiger partial charge is 0.0585 e. The number of hydrogen-bond donors (Lipinski definition) is 0. The zero-order valence-electron chi connectivity index (χ0n) is 27.4. The van der Waals surface area contributed by atoms with Crippen LogP contribution in [-0.4, -0.2) is 26.3 Å². The molecule has 8 rings (SSSR count). The molecule has 5 nitrogen and oxygen atoms in total. The molecule has 47 heavy (non-hydrogen) atoms. The van der Waals surface area contributed by atoms with E-state index < -0.39 is 5.41 Å². The SMILES string of the molecule is Cc1nc2c(C3(c4[c-]c(N5C=CN(C)[CH-]5)ccc4)c4ccccc4-c4ccccc43)[c-]c(-c3cc(C(C)(C)C)ccn3)cn2c1C.[Pt]. The molecule has 0 saturated heterocycles. The molecule has 2 aliphatic rings. The van der Waals surface area contributed by atoms with Gasteiger partial charge >= 0.3 is 0 Å². The minimum absolute atomic E-state index is 0. The molecule has 4 heterocycles. The maximum absolute atomic E-state index is 5.24. The summed E-state index contributed by atoms with van der Waals surface area (Å²) in [5, 5.41) is 0. The monoisotopic (exact) mass is 793 g/mol. The Morgan fingerprint density at radius 3 is 2.19 bits per heavy atom. The summed E-state index contributed by atoms with van der Waals surface area (Å²) in [6.45, 7) is 13.0. The quantitative estimate of drug-likeness (QED) is 0.168. The second-order valence-corrected chi connectivity index (χ2v) is 13.5. The fourth-order valence-corrected chi connectivity index (χ4v) is 7.10. The first-order valence-electron chi connectivity index (χ1n) is 15.8. The Labute approximate surface area is 291 Å². The van der Waals surface area contributed by atoms with E-state index in [0.717, 1.165) is 45.1 Å². The van der Waals surface area contributed by atoms with Crippen molar-refractivity contribution in [2.75, 3.05) is 11.9 Å². The van der Waals surface area contributed by atoms with Crippen LogP contribution >= 0.6 is 0 Å². The van der Waals surface area contributed by atoms with Gasteiger partial charge in [-0.25, -0.2) is 0 Å². The topological polar surface area (TPSA) is 36.7 Å². The molecule has 3 aromatic heterocycles. The summed E-state index contributed by atoms with van der Waals surface area (Å²) in [5.41, 5.74) is 13.2. The van der Waals surface area contributed by atoms with Crippen LogP contribution in [0, 0.1) is 32.6 Å². The van der Waals surface area contributed by atoms with Gasteiger partial charge in [-0.1, -0.05) is 87.1 Å². The van der Waals surface area contributed by atoms with Gasteiger partial charge in [0.05, 0.1) is 5.65 Å². The van der Waals surface area contributed by atoms with Gasteiger partial charge in [-0.15, -0.1) is 22.9 Å². The Morgan fingerprint density at radius 2 is 1.53 bits per heavy atom. The van der Waals surface area contributed by atoms with E-state index in [9.17, 15) is 0 Å². The van der Waals surface area contributed by atoms with Gasteiger partial charge in [0.25, 0.3) is 0 Å². The van der Waals surface area contributed by atoms with Gasteiger partial charge in [0.2, 0.25) is 0 Å². The van der Waals surface area contributed by atoms with Crippen molar-refractivity contribution in [3.63, 3.8) is 0 Å². The van der Waals surface area contributed by atoms with Crippen LogP contribution in [0.2, 0.25) is 0 Å². The predicted molar refractivity (Wildman–Crippen MR) is 185 cm³/mol. The van der Waals surface area contributed by atoms with Crippen LogP contribution in [0.25, 0.3) is 28.0 Å². The van der Waals surface area contributed by atoms with Crippen molar-refractivity contribution in [1.82, 2.24) is 19.3 Å². The van der Waals surface area contributed by atoms with Crippen LogP contribution in [0.1, 0.15) is 60.0 Å². The molecular weight excluding hydrogens is 758 g/mol. The third-order valence-corrected chi connectivity index (χ3v) is 9.59. The van der Waals surface area contributed by atoms with E-state index in [1.165, 1.54) is 27.8 Å². The third-order valence-electron chi connectivity index (χ3n) is 9.59. The number of imidazole rings is 1. The number of aromatic nitrogens is 3. The van der Waals surface area contributed by atoms with Gasteiger partial charge in [0, 0.05) is 44.1 Å². The number of rotatable bonds is 4. The number of hydrogen-bond acceptors (Lipinski definition) is 4. The fourth-order valence-electron chi connectivity index (χ4n) is 7.10. The Hall–Kier alpha value is -4.47. The second kappa shape index (κ2) is 11.3. The molecule has 3 aromatic carbocycles. The maximum Gasteiger partial charge on any atom is 0.0585 e. The molecule has 0 saturated carbocycles. The van der Waals surface area contributed by atoms with E-state index in [4.69, 9.17) is 9.97 Å². The molecule has 0 N–H and O–H groups in total. The minimum Gasteiger partial charge on any atom is -0.510 e. The minimum atomic E-state index is -0.734. The number of anilines is 1. The first-order chi connectivity index (χ1) is 22.2. The standard InChI is InChI=1S/C41H36N5.Pt/c1-27-28(2)46-25-29(38-24-30(18-19-42-38)40(3,4)5)22-37(39(46)43-27)41(31-12-11-13-32(23-31)45-21-20-44(6)26-45)35-16-9-7-14-33(35)34-15-8-10-17-36(34)41;/h7-21,24-26H,1-6H3;/q-3;. The molecular formula is C41H36N5Pt-3. The van der Waals surface area contributed by atoms with Crippen molar-refractivity contribution >= 4 is 11.3 Å². The molecule has 6 heteroatoms. The summed E-state index contributed by atoms with van der Waals surface area (Å²) >= 11 is 0.